The number of carbonyl (C=O) groups is 2. The number of amides is 2. The highest BCUT2D eigenvalue weighted by Gasteiger charge is 2.43. The van der Waals surface area contributed by atoms with E-state index < -0.39 is 12.1 Å². The second-order valence-electron chi connectivity index (χ2n) is 5.40. The largest absolute Gasteiger partial charge is 0.471 e. The van der Waals surface area contributed by atoms with Crippen molar-refractivity contribution < 1.29 is 22.8 Å². The Kier molecular flexibility index (Phi) is 5.51. The van der Waals surface area contributed by atoms with Crippen LogP contribution in [0.3, 0.4) is 0 Å². The second kappa shape index (κ2) is 7.21. The van der Waals surface area contributed by atoms with Crippen LogP contribution in [0.4, 0.5) is 13.2 Å². The van der Waals surface area contributed by atoms with Crippen molar-refractivity contribution in [2.24, 2.45) is 0 Å². The summed E-state index contributed by atoms with van der Waals surface area (Å²) in [5.41, 5.74) is 0.691. The molecule has 2 amide bonds. The van der Waals surface area contributed by atoms with Gasteiger partial charge in [0.15, 0.2) is 0 Å². The van der Waals surface area contributed by atoms with Crippen molar-refractivity contribution in [3.8, 4) is 0 Å². The molecule has 1 N–H and O–H groups in total. The Hall–Kier alpha value is -1.76. The quantitative estimate of drug-likeness (QED) is 0.912. The molecule has 8 heteroatoms. The Morgan fingerprint density at radius 3 is 2.39 bits per heavy atom. The number of piperidine rings is 1. The first-order chi connectivity index (χ1) is 10.8. The third-order valence-electron chi connectivity index (χ3n) is 3.70. The fraction of sp³-hybridized carbons (Fsp3) is 0.467. The Bertz CT molecular complexity index is 584. The Morgan fingerprint density at radius 1 is 1.22 bits per heavy atom. The Labute approximate surface area is 136 Å². The summed E-state index contributed by atoms with van der Waals surface area (Å²) in [6, 6.07) is 6.73. The summed E-state index contributed by atoms with van der Waals surface area (Å²) < 4.78 is 37.0. The van der Waals surface area contributed by atoms with E-state index in [1.165, 1.54) is 0 Å². The fourth-order valence-corrected chi connectivity index (χ4v) is 2.70. The predicted octanol–water partition coefficient (Wildman–Crippen LogP) is 2.55. The van der Waals surface area contributed by atoms with Crippen molar-refractivity contribution in [1.29, 1.82) is 0 Å². The summed E-state index contributed by atoms with van der Waals surface area (Å²) in [4.78, 5) is 23.9. The lowest BCUT2D eigenvalue weighted by Crippen LogP contribution is -2.50. The summed E-state index contributed by atoms with van der Waals surface area (Å²) in [7, 11) is 0. The minimum absolute atomic E-state index is 0.0185. The third kappa shape index (κ3) is 4.86. The number of carbonyl (C=O) groups excluding carboxylic acids is 2. The Morgan fingerprint density at radius 2 is 1.83 bits per heavy atom. The van der Waals surface area contributed by atoms with E-state index in [1.807, 2.05) is 0 Å². The van der Waals surface area contributed by atoms with E-state index in [9.17, 15) is 22.8 Å². The van der Waals surface area contributed by atoms with Crippen LogP contribution in [0.5, 0.6) is 0 Å². The molecule has 1 aromatic rings. The Balaban J connectivity index is 1.81. The van der Waals surface area contributed by atoms with E-state index in [-0.39, 0.29) is 31.5 Å². The van der Waals surface area contributed by atoms with Crippen molar-refractivity contribution in [3.63, 3.8) is 0 Å². The van der Waals surface area contributed by atoms with Crippen LogP contribution in [0.2, 0.25) is 5.02 Å². The molecule has 0 aromatic heterocycles. The number of likely N-dealkylation sites (tertiary alicyclic amines) is 1. The lowest BCUT2D eigenvalue weighted by atomic mass is 10.0. The highest BCUT2D eigenvalue weighted by molar-refractivity contribution is 6.31. The molecule has 1 fully saturated rings. The van der Waals surface area contributed by atoms with Gasteiger partial charge in [0.05, 0.1) is 6.42 Å². The van der Waals surface area contributed by atoms with Gasteiger partial charge >= 0.3 is 12.1 Å². The van der Waals surface area contributed by atoms with Crippen molar-refractivity contribution in [3.05, 3.63) is 34.9 Å². The third-order valence-corrected chi connectivity index (χ3v) is 4.07. The molecule has 1 heterocycles. The molecule has 1 aliphatic heterocycles. The van der Waals surface area contributed by atoms with Gasteiger partial charge in [0, 0.05) is 24.2 Å². The maximum absolute atomic E-state index is 12.3. The highest BCUT2D eigenvalue weighted by Crippen LogP contribution is 2.22. The molecule has 0 saturated carbocycles. The van der Waals surface area contributed by atoms with Gasteiger partial charge < -0.3 is 10.2 Å². The summed E-state index contributed by atoms with van der Waals surface area (Å²) in [5.74, 6) is -2.06. The molecule has 0 bridgehead atoms. The van der Waals surface area contributed by atoms with Crippen molar-refractivity contribution >= 4 is 23.4 Å². The molecule has 0 atom stereocenters. The lowest BCUT2D eigenvalue weighted by Gasteiger charge is -2.32. The van der Waals surface area contributed by atoms with Gasteiger partial charge in [0.1, 0.15) is 0 Å². The van der Waals surface area contributed by atoms with Crippen LogP contribution in [-0.4, -0.2) is 42.0 Å². The molecule has 0 aliphatic carbocycles. The van der Waals surface area contributed by atoms with Gasteiger partial charge in [0.25, 0.3) is 0 Å². The zero-order valence-electron chi connectivity index (χ0n) is 12.2. The number of hydrogen-bond acceptors (Lipinski definition) is 2. The number of halogens is 4. The van der Waals surface area contributed by atoms with E-state index >= 15 is 0 Å². The van der Waals surface area contributed by atoms with Gasteiger partial charge in [-0.1, -0.05) is 29.8 Å². The van der Waals surface area contributed by atoms with Crippen LogP contribution >= 0.6 is 11.6 Å². The number of alkyl halides is 3. The van der Waals surface area contributed by atoms with Gasteiger partial charge in [-0.2, -0.15) is 13.2 Å². The minimum atomic E-state index is -4.85. The van der Waals surface area contributed by atoms with Crippen molar-refractivity contribution in [2.75, 3.05) is 13.1 Å². The number of rotatable bonds is 3. The molecule has 23 heavy (non-hydrogen) atoms. The fourth-order valence-electron chi connectivity index (χ4n) is 2.50. The maximum Gasteiger partial charge on any atom is 0.471 e. The topological polar surface area (TPSA) is 49.4 Å². The predicted molar refractivity (Wildman–Crippen MR) is 79.0 cm³/mol. The number of benzene rings is 1. The minimum Gasteiger partial charge on any atom is -0.353 e. The van der Waals surface area contributed by atoms with E-state index in [1.54, 1.807) is 24.3 Å². The second-order valence-corrected chi connectivity index (χ2v) is 5.81. The normalized spacial score (nSPS) is 16.3. The van der Waals surface area contributed by atoms with Crippen LogP contribution in [0.25, 0.3) is 0 Å². The molecule has 2 rings (SSSR count). The van der Waals surface area contributed by atoms with Gasteiger partial charge in [0.2, 0.25) is 5.91 Å². The highest BCUT2D eigenvalue weighted by atomic mass is 35.5. The van der Waals surface area contributed by atoms with Crippen LogP contribution in [0, 0.1) is 0 Å². The van der Waals surface area contributed by atoms with E-state index in [2.05, 4.69) is 5.32 Å². The maximum atomic E-state index is 12.3. The summed E-state index contributed by atoms with van der Waals surface area (Å²) >= 11 is 5.98. The van der Waals surface area contributed by atoms with Crippen LogP contribution in [-0.2, 0) is 16.0 Å². The average molecular weight is 349 g/mol. The van der Waals surface area contributed by atoms with Crippen molar-refractivity contribution in [2.45, 2.75) is 31.5 Å². The molecule has 0 spiro atoms. The van der Waals surface area contributed by atoms with E-state index in [4.69, 9.17) is 11.6 Å². The summed E-state index contributed by atoms with van der Waals surface area (Å²) in [6.07, 6.45) is -4.13. The molecule has 1 aliphatic rings. The van der Waals surface area contributed by atoms with Crippen LogP contribution < -0.4 is 5.32 Å². The summed E-state index contributed by atoms with van der Waals surface area (Å²) in [5, 5.41) is 3.27. The van der Waals surface area contributed by atoms with Gasteiger partial charge in [-0.25, -0.2) is 0 Å². The van der Waals surface area contributed by atoms with Gasteiger partial charge in [-0.05, 0) is 24.5 Å². The standard InChI is InChI=1S/C15H16ClF3N2O2/c16-12-4-2-1-3-10(12)9-13(22)20-11-5-7-21(8-6-11)14(23)15(17,18)19/h1-4,11H,5-9H2,(H,20,22). The molecular weight excluding hydrogens is 333 g/mol. The zero-order valence-corrected chi connectivity index (χ0v) is 13.0. The first kappa shape index (κ1) is 17.6. The first-order valence-corrected chi connectivity index (χ1v) is 7.54. The zero-order chi connectivity index (χ0) is 17.0. The molecule has 0 unspecified atom stereocenters. The smallest absolute Gasteiger partial charge is 0.353 e. The molecule has 126 valence electrons. The van der Waals surface area contributed by atoms with Crippen LogP contribution in [0.15, 0.2) is 24.3 Å². The number of nitrogens with one attached hydrogen (secondary N) is 1. The van der Waals surface area contributed by atoms with Gasteiger partial charge in [-0.3, -0.25) is 9.59 Å². The van der Waals surface area contributed by atoms with E-state index in [0.29, 0.717) is 23.4 Å². The first-order valence-electron chi connectivity index (χ1n) is 7.16. The average Bonchev–Trinajstić information content (AvgIpc) is 2.49. The van der Waals surface area contributed by atoms with Gasteiger partial charge in [-0.15, -0.1) is 0 Å². The molecule has 1 aromatic carbocycles. The lowest BCUT2D eigenvalue weighted by molar-refractivity contribution is -0.186. The molecule has 4 nitrogen and oxygen atoms in total. The molecule has 0 radical (unpaired) electrons. The monoisotopic (exact) mass is 348 g/mol. The van der Waals surface area contributed by atoms with Crippen LogP contribution in [0.1, 0.15) is 18.4 Å². The molecule has 1 saturated heterocycles. The van der Waals surface area contributed by atoms with E-state index in [0.717, 1.165) is 4.90 Å². The number of hydrogen-bond donors (Lipinski definition) is 1. The molecular formula is C15H16ClF3N2O2. The summed E-state index contributed by atoms with van der Waals surface area (Å²) in [6.45, 7) is -0.0369. The SMILES string of the molecule is O=C(Cc1ccccc1Cl)NC1CCN(C(=O)C(F)(F)F)CC1. The number of nitrogens with zero attached hydrogens (tertiary/aromatic N) is 1. The van der Waals surface area contributed by atoms with Crippen molar-refractivity contribution in [1.82, 2.24) is 10.2 Å².